The molecule has 1 aliphatic heterocycles. The molecule has 10 nitrogen and oxygen atoms in total. The average Bonchev–Trinajstić information content (AvgIpc) is 3.48. The molecule has 15 heteroatoms. The Morgan fingerprint density at radius 3 is 2.12 bits per heavy atom. The number of amides is 2. The van der Waals surface area contributed by atoms with Gasteiger partial charge in [-0.05, 0) is 70.5 Å². The minimum atomic E-state index is -4.66. The topological polar surface area (TPSA) is 118 Å². The molecule has 0 unspecified atom stereocenters. The lowest BCUT2D eigenvalue weighted by Gasteiger charge is -2.32. The highest BCUT2D eigenvalue weighted by Gasteiger charge is 2.49. The Labute approximate surface area is 290 Å². The summed E-state index contributed by atoms with van der Waals surface area (Å²) in [6.07, 6.45) is -4.66. The molecule has 1 aromatic heterocycles. The van der Waals surface area contributed by atoms with Gasteiger partial charge >= 0.3 is 6.18 Å². The lowest BCUT2D eigenvalue weighted by atomic mass is 10.0. The molecule has 2 amide bonds. The molecule has 1 N–H and O–H groups in total. The second-order valence-corrected chi connectivity index (χ2v) is 22.5. The van der Waals surface area contributed by atoms with Crippen LogP contribution in [0.3, 0.4) is 0 Å². The van der Waals surface area contributed by atoms with Crippen LogP contribution in [0.2, 0.25) is 25.7 Å². The number of alkyl halides is 3. The number of rotatable bonds is 15. The molecule has 2 heterocycles. The summed E-state index contributed by atoms with van der Waals surface area (Å²) in [5.74, 6) is -0.619. The van der Waals surface area contributed by atoms with Gasteiger partial charge in [0, 0.05) is 33.2 Å². The number of methoxy groups -OCH3 is 1. The van der Waals surface area contributed by atoms with Crippen molar-refractivity contribution in [3.05, 3.63) is 65.0 Å². The van der Waals surface area contributed by atoms with Crippen LogP contribution in [0.25, 0.3) is 11.0 Å². The standard InChI is InChI=1S/C34H47F3N4O6SSi/c1-32(2,3)48(44)39-26(19-47-33(4,5)34(35,36)37)29-38-25-18-22(14-15-27(25)40(29)21-46-16-17-49(7,8)9)28(20-45-6)41-30(42)23-12-10-11-13-24(23)31(41)43/h10-15,18,26,28,39H,16-17,19-21H2,1-9H3/t26-,28+,48+/m0/s1. The van der Waals surface area contributed by atoms with E-state index in [0.29, 0.717) is 34.3 Å². The maximum absolute atomic E-state index is 13.8. The summed E-state index contributed by atoms with van der Waals surface area (Å²) in [5.41, 5.74) is -0.292. The van der Waals surface area contributed by atoms with E-state index >= 15 is 0 Å². The molecule has 49 heavy (non-hydrogen) atoms. The second-order valence-electron chi connectivity index (χ2n) is 14.9. The number of fused-ring (bicyclic) bond motifs is 2. The van der Waals surface area contributed by atoms with E-state index in [-0.39, 0.29) is 19.2 Å². The quantitative estimate of drug-likeness (QED) is 0.0789. The molecule has 1 aliphatic rings. The molecular weight excluding hydrogens is 678 g/mol. The van der Waals surface area contributed by atoms with Gasteiger partial charge in [0.1, 0.15) is 23.3 Å². The first-order valence-corrected chi connectivity index (χ1v) is 20.9. The number of nitrogens with zero attached hydrogens (tertiary/aromatic N) is 3. The smallest absolute Gasteiger partial charge is 0.416 e. The fourth-order valence-corrected chi connectivity index (χ4v) is 6.66. The van der Waals surface area contributed by atoms with E-state index in [1.165, 1.54) is 12.0 Å². The molecule has 0 spiro atoms. The Morgan fingerprint density at radius 2 is 1.59 bits per heavy atom. The Bertz CT molecular complexity index is 1620. The Kier molecular flexibility index (Phi) is 11.8. The molecular formula is C34H47F3N4O6SSi. The summed E-state index contributed by atoms with van der Waals surface area (Å²) < 4.78 is 75.8. The van der Waals surface area contributed by atoms with Gasteiger partial charge in [-0.1, -0.05) is 37.8 Å². The van der Waals surface area contributed by atoms with E-state index in [0.717, 1.165) is 19.9 Å². The third-order valence-electron chi connectivity index (χ3n) is 8.28. The number of imide groups is 1. The number of aromatic nitrogens is 2. The van der Waals surface area contributed by atoms with Gasteiger partial charge in [-0.3, -0.25) is 14.5 Å². The van der Waals surface area contributed by atoms with Gasteiger partial charge in [-0.25, -0.2) is 4.98 Å². The van der Waals surface area contributed by atoms with Crippen LogP contribution in [0.4, 0.5) is 13.2 Å². The van der Waals surface area contributed by atoms with E-state index in [2.05, 4.69) is 24.4 Å². The van der Waals surface area contributed by atoms with Gasteiger partial charge in [0.25, 0.3) is 11.8 Å². The van der Waals surface area contributed by atoms with Crippen molar-refractivity contribution in [1.82, 2.24) is 19.2 Å². The van der Waals surface area contributed by atoms with Crippen LogP contribution in [-0.4, -0.2) is 82.3 Å². The normalized spacial score (nSPS) is 16.4. The zero-order valence-electron chi connectivity index (χ0n) is 29.6. The fourth-order valence-electron chi connectivity index (χ4n) is 5.12. The van der Waals surface area contributed by atoms with Crippen LogP contribution in [0.5, 0.6) is 0 Å². The summed E-state index contributed by atoms with van der Waals surface area (Å²) in [6.45, 7) is 13.8. The lowest BCUT2D eigenvalue weighted by molar-refractivity contribution is -0.265. The van der Waals surface area contributed by atoms with E-state index in [1.807, 2.05) is 0 Å². The first-order chi connectivity index (χ1) is 22.7. The third kappa shape index (κ3) is 8.93. The zero-order chi connectivity index (χ0) is 36.5. The van der Waals surface area contributed by atoms with Crippen molar-refractivity contribution in [3.63, 3.8) is 0 Å². The number of carbonyl (C=O) groups is 2. The first kappa shape index (κ1) is 39.0. The highest BCUT2D eigenvalue weighted by Crippen LogP contribution is 2.36. The lowest BCUT2D eigenvalue weighted by Crippen LogP contribution is -2.47. The van der Waals surface area contributed by atoms with Crippen LogP contribution in [0.1, 0.15) is 78.8 Å². The van der Waals surface area contributed by atoms with Crippen LogP contribution < -0.4 is 4.72 Å². The molecule has 0 aliphatic carbocycles. The monoisotopic (exact) mass is 724 g/mol. The Hall–Kier alpha value is -2.79. The minimum absolute atomic E-state index is 0.0133. The highest BCUT2D eigenvalue weighted by molar-refractivity contribution is 7.90. The molecule has 4 rings (SSSR count). The van der Waals surface area contributed by atoms with E-state index in [1.54, 1.807) is 67.8 Å². The van der Waals surface area contributed by atoms with Crippen LogP contribution >= 0.6 is 0 Å². The summed E-state index contributed by atoms with van der Waals surface area (Å²) in [7, 11) is 0.0354. The maximum atomic E-state index is 13.8. The molecule has 270 valence electrons. The molecule has 3 atom stereocenters. The Balaban J connectivity index is 1.80. The second kappa shape index (κ2) is 14.8. The number of halogens is 3. The van der Waals surface area contributed by atoms with Crippen molar-refractivity contribution in [3.8, 4) is 0 Å². The van der Waals surface area contributed by atoms with Crippen LogP contribution in [0, 0.1) is 0 Å². The van der Waals surface area contributed by atoms with E-state index < -0.39 is 66.5 Å². The van der Waals surface area contributed by atoms with Crippen molar-refractivity contribution < 1.29 is 41.5 Å². The van der Waals surface area contributed by atoms with Crippen molar-refractivity contribution >= 4 is 42.3 Å². The molecule has 2 aromatic carbocycles. The number of hydrogen-bond acceptors (Lipinski definition) is 8. The van der Waals surface area contributed by atoms with Gasteiger partial charge in [0.15, 0.2) is 5.60 Å². The van der Waals surface area contributed by atoms with Gasteiger partial charge < -0.3 is 23.3 Å². The molecule has 0 saturated heterocycles. The number of hydrogen-bond donors (Lipinski definition) is 1. The number of benzene rings is 2. The largest absolute Gasteiger partial charge is 0.598 e. The maximum Gasteiger partial charge on any atom is 0.416 e. The number of ether oxygens (including phenoxy) is 3. The van der Waals surface area contributed by atoms with Gasteiger partial charge in [-0.15, -0.1) is 4.72 Å². The third-order valence-corrected chi connectivity index (χ3v) is 11.6. The van der Waals surface area contributed by atoms with Crippen LogP contribution in [0.15, 0.2) is 42.5 Å². The number of carbonyl (C=O) groups excluding carboxylic acids is 2. The molecule has 3 aromatic rings. The highest BCUT2D eigenvalue weighted by atomic mass is 32.2. The van der Waals surface area contributed by atoms with Gasteiger partial charge in [0.05, 0.1) is 41.4 Å². The SMILES string of the molecule is COC[C@H](c1ccc2c(c1)nc([C@H](COC(C)(C)C(F)(F)F)N[S@+]([O-])C(C)(C)C)n2COCC[Si](C)(C)C)N1C(=O)c2ccccc2C1=O. The molecule has 0 fully saturated rings. The predicted octanol–water partition coefficient (Wildman–Crippen LogP) is 6.78. The molecule has 0 bridgehead atoms. The van der Waals surface area contributed by atoms with Gasteiger partial charge in [0.2, 0.25) is 0 Å². The molecule has 0 saturated carbocycles. The summed E-state index contributed by atoms with van der Waals surface area (Å²) >= 11 is -1.71. The summed E-state index contributed by atoms with van der Waals surface area (Å²) in [4.78, 5) is 32.9. The first-order valence-electron chi connectivity index (χ1n) is 16.1. The zero-order valence-corrected chi connectivity index (χ0v) is 31.4. The predicted molar refractivity (Wildman–Crippen MR) is 185 cm³/mol. The fraction of sp³-hybridized carbons (Fsp3) is 0.559. The Morgan fingerprint density at radius 1 is 0.980 bits per heavy atom. The number of nitrogens with one attached hydrogen (secondary N) is 1. The van der Waals surface area contributed by atoms with Gasteiger partial charge in [-0.2, -0.15) is 13.2 Å². The average molecular weight is 725 g/mol. The minimum Gasteiger partial charge on any atom is -0.598 e. The van der Waals surface area contributed by atoms with E-state index in [9.17, 15) is 27.3 Å². The number of imidazole rings is 1. The summed E-state index contributed by atoms with van der Waals surface area (Å²) in [5, 5.41) is 0. The van der Waals surface area contributed by atoms with E-state index in [4.69, 9.17) is 19.2 Å². The van der Waals surface area contributed by atoms with Crippen molar-refractivity contribution in [2.45, 2.75) is 95.6 Å². The van der Waals surface area contributed by atoms with Crippen molar-refractivity contribution in [1.29, 1.82) is 0 Å². The molecule has 0 radical (unpaired) electrons. The van der Waals surface area contributed by atoms with Crippen LogP contribution in [-0.2, 0) is 32.3 Å². The van der Waals surface area contributed by atoms with Crippen molar-refractivity contribution in [2.24, 2.45) is 0 Å². The summed E-state index contributed by atoms with van der Waals surface area (Å²) in [6, 6.07) is 10.9. The van der Waals surface area contributed by atoms with Crippen molar-refractivity contribution in [2.75, 3.05) is 26.9 Å².